The van der Waals surface area contributed by atoms with E-state index in [1.807, 2.05) is 12.1 Å². The van der Waals surface area contributed by atoms with Gasteiger partial charge in [-0.05, 0) is 25.0 Å². The molecular weight excluding hydrogens is 248 g/mol. The van der Waals surface area contributed by atoms with Crippen molar-refractivity contribution in [3.63, 3.8) is 0 Å². The summed E-state index contributed by atoms with van der Waals surface area (Å²) in [6.45, 7) is 0. The lowest BCUT2D eigenvalue weighted by molar-refractivity contribution is 0.551. The molecule has 5 heteroatoms. The van der Waals surface area contributed by atoms with E-state index in [9.17, 15) is 4.21 Å². The lowest BCUT2D eigenvalue weighted by atomic mass is 10.3. The van der Waals surface area contributed by atoms with E-state index >= 15 is 0 Å². The highest BCUT2D eigenvalue weighted by molar-refractivity contribution is 7.84. The summed E-state index contributed by atoms with van der Waals surface area (Å²) in [5.74, 6) is 0.937. The third kappa shape index (κ3) is 2.14. The minimum absolute atomic E-state index is 0.317. The highest BCUT2D eigenvalue weighted by Gasteiger charge is 2.23. The summed E-state index contributed by atoms with van der Waals surface area (Å²) in [6.07, 6.45) is 4.51. The second-order valence-corrected chi connectivity index (χ2v) is 6.45. The van der Waals surface area contributed by atoms with E-state index in [-0.39, 0.29) is 0 Å². The molecule has 0 radical (unpaired) electrons. The topological polar surface area (TPSA) is 69.1 Å². The van der Waals surface area contributed by atoms with Gasteiger partial charge in [0.25, 0.3) is 0 Å². The Morgan fingerprint density at radius 2 is 2.17 bits per heavy atom. The van der Waals surface area contributed by atoms with Gasteiger partial charge < -0.3 is 10.2 Å². The average molecular weight is 264 g/mol. The second kappa shape index (κ2) is 4.72. The molecule has 1 aromatic heterocycles. The van der Waals surface area contributed by atoms with Crippen LogP contribution in [0.2, 0.25) is 0 Å². The van der Waals surface area contributed by atoms with Crippen LogP contribution in [0.1, 0.15) is 31.6 Å². The number of rotatable bonds is 3. The van der Waals surface area contributed by atoms with Gasteiger partial charge in [0.05, 0.1) is 5.69 Å². The molecule has 0 spiro atoms. The number of hydrogen-bond acceptors (Lipinski definition) is 4. The third-order valence-electron chi connectivity index (χ3n) is 3.43. The van der Waals surface area contributed by atoms with Crippen molar-refractivity contribution in [2.24, 2.45) is 0 Å². The fraction of sp³-hybridized carbons (Fsp3) is 0.462. The summed E-state index contributed by atoms with van der Waals surface area (Å²) >= 11 is 0. The van der Waals surface area contributed by atoms with Crippen LogP contribution in [0.5, 0.6) is 0 Å². The minimum atomic E-state index is -0.877. The maximum absolute atomic E-state index is 12.2. The normalized spacial score (nSPS) is 18.4. The van der Waals surface area contributed by atoms with Gasteiger partial charge in [-0.3, -0.25) is 4.21 Å². The molecule has 18 heavy (non-hydrogen) atoms. The van der Waals surface area contributed by atoms with Gasteiger partial charge >= 0.3 is 0 Å². The Kier molecular flexibility index (Phi) is 3.07. The second-order valence-electron chi connectivity index (χ2n) is 4.73. The molecule has 1 atom stereocenters. The summed E-state index contributed by atoms with van der Waals surface area (Å²) in [6, 6.07) is 5.46. The van der Waals surface area contributed by atoms with E-state index in [2.05, 4.69) is 4.98 Å². The number of aromatic nitrogens is 1. The Labute approximate surface area is 108 Å². The van der Waals surface area contributed by atoms with Crippen LogP contribution in [0.15, 0.2) is 22.6 Å². The number of nitrogens with two attached hydrogens (primary N) is 1. The SMILES string of the molecule is Nc1cccc2oc(CS(=O)C3CCCC3)nc12. The van der Waals surface area contributed by atoms with E-state index in [1.54, 1.807) is 6.07 Å². The molecule has 1 aliphatic rings. The van der Waals surface area contributed by atoms with Gasteiger partial charge in [-0.1, -0.05) is 18.9 Å². The smallest absolute Gasteiger partial charge is 0.208 e. The predicted molar refractivity (Wildman–Crippen MR) is 72.5 cm³/mol. The number of oxazole rings is 1. The number of nitrogens with zero attached hydrogens (tertiary/aromatic N) is 1. The van der Waals surface area contributed by atoms with Crippen LogP contribution in [0.4, 0.5) is 5.69 Å². The van der Waals surface area contributed by atoms with E-state index < -0.39 is 10.8 Å². The predicted octanol–water partition coefficient (Wildman–Crippen LogP) is 2.60. The first-order valence-electron chi connectivity index (χ1n) is 6.25. The highest BCUT2D eigenvalue weighted by atomic mass is 32.2. The molecule has 4 nitrogen and oxygen atoms in total. The molecule has 1 fully saturated rings. The van der Waals surface area contributed by atoms with Crippen LogP contribution in [0.3, 0.4) is 0 Å². The number of benzene rings is 1. The van der Waals surface area contributed by atoms with Crippen molar-refractivity contribution < 1.29 is 8.63 Å². The van der Waals surface area contributed by atoms with Gasteiger partial charge in [0, 0.05) is 16.0 Å². The van der Waals surface area contributed by atoms with E-state index in [0.29, 0.717) is 33.7 Å². The molecule has 0 amide bonds. The Hall–Kier alpha value is -1.36. The summed E-state index contributed by atoms with van der Waals surface area (Å²) in [7, 11) is -0.877. The number of nitrogen functional groups attached to an aromatic ring is 1. The van der Waals surface area contributed by atoms with Gasteiger partial charge in [0.1, 0.15) is 11.3 Å². The molecule has 3 rings (SSSR count). The summed E-state index contributed by atoms with van der Waals surface area (Å²) < 4.78 is 17.8. The number of anilines is 1. The molecule has 1 heterocycles. The Balaban J connectivity index is 1.82. The molecule has 1 aliphatic carbocycles. The van der Waals surface area contributed by atoms with Gasteiger partial charge in [-0.25, -0.2) is 4.98 Å². The molecule has 1 saturated carbocycles. The third-order valence-corrected chi connectivity index (χ3v) is 5.18. The molecule has 1 aromatic carbocycles. The summed E-state index contributed by atoms with van der Waals surface area (Å²) in [5.41, 5.74) is 7.78. The summed E-state index contributed by atoms with van der Waals surface area (Å²) in [5, 5.41) is 0.317. The zero-order valence-electron chi connectivity index (χ0n) is 10.1. The van der Waals surface area contributed by atoms with Crippen molar-refractivity contribution >= 4 is 27.6 Å². The van der Waals surface area contributed by atoms with Crippen LogP contribution >= 0.6 is 0 Å². The van der Waals surface area contributed by atoms with Crippen molar-refractivity contribution in [2.75, 3.05) is 5.73 Å². The molecule has 1 unspecified atom stereocenters. The first-order chi connectivity index (χ1) is 8.74. The molecule has 0 saturated heterocycles. The van der Waals surface area contributed by atoms with Crippen molar-refractivity contribution in [2.45, 2.75) is 36.7 Å². The van der Waals surface area contributed by atoms with E-state index in [4.69, 9.17) is 10.2 Å². The Bertz CT molecular complexity index is 588. The molecule has 96 valence electrons. The largest absolute Gasteiger partial charge is 0.440 e. The quantitative estimate of drug-likeness (QED) is 0.865. The lowest BCUT2D eigenvalue weighted by Gasteiger charge is -2.06. The first-order valence-corrected chi connectivity index (χ1v) is 7.63. The van der Waals surface area contributed by atoms with Gasteiger partial charge in [-0.2, -0.15) is 0 Å². The lowest BCUT2D eigenvalue weighted by Crippen LogP contribution is -2.12. The van der Waals surface area contributed by atoms with Crippen molar-refractivity contribution in [1.29, 1.82) is 0 Å². The van der Waals surface area contributed by atoms with Gasteiger partial charge in [0.15, 0.2) is 5.58 Å². The molecular formula is C13H16N2O2S. The zero-order valence-corrected chi connectivity index (χ0v) is 10.9. The highest BCUT2D eigenvalue weighted by Crippen LogP contribution is 2.26. The van der Waals surface area contributed by atoms with Crippen LogP contribution in [-0.4, -0.2) is 14.4 Å². The Morgan fingerprint density at radius 1 is 1.39 bits per heavy atom. The molecule has 0 aliphatic heterocycles. The van der Waals surface area contributed by atoms with Crippen LogP contribution < -0.4 is 5.73 Å². The maximum Gasteiger partial charge on any atom is 0.208 e. The fourth-order valence-corrected chi connectivity index (χ4v) is 3.93. The molecule has 2 N–H and O–H groups in total. The monoisotopic (exact) mass is 264 g/mol. The van der Waals surface area contributed by atoms with E-state index in [0.717, 1.165) is 12.8 Å². The van der Waals surface area contributed by atoms with Gasteiger partial charge in [0.2, 0.25) is 5.89 Å². The van der Waals surface area contributed by atoms with Crippen LogP contribution in [0, 0.1) is 0 Å². The summed E-state index contributed by atoms with van der Waals surface area (Å²) in [4.78, 5) is 4.34. The standard InChI is InChI=1S/C13H16N2O2S/c14-10-6-3-7-11-13(10)15-12(17-11)8-18(16)9-4-1-2-5-9/h3,6-7,9H,1-2,4-5,8,14H2. The van der Waals surface area contributed by atoms with Crippen LogP contribution in [0.25, 0.3) is 11.1 Å². The van der Waals surface area contributed by atoms with Crippen molar-refractivity contribution in [3.8, 4) is 0 Å². The number of fused-ring (bicyclic) bond motifs is 1. The van der Waals surface area contributed by atoms with E-state index in [1.165, 1.54) is 12.8 Å². The van der Waals surface area contributed by atoms with Gasteiger partial charge in [-0.15, -0.1) is 0 Å². The van der Waals surface area contributed by atoms with Crippen molar-refractivity contribution in [3.05, 3.63) is 24.1 Å². The van der Waals surface area contributed by atoms with Crippen molar-refractivity contribution in [1.82, 2.24) is 4.98 Å². The number of para-hydroxylation sites is 1. The molecule has 2 aromatic rings. The average Bonchev–Trinajstić information content (AvgIpc) is 2.97. The molecule has 0 bridgehead atoms. The zero-order chi connectivity index (χ0) is 12.5. The Morgan fingerprint density at radius 3 is 2.89 bits per heavy atom. The first kappa shape index (κ1) is 11.7. The van der Waals surface area contributed by atoms with Crippen LogP contribution in [-0.2, 0) is 16.6 Å². The minimum Gasteiger partial charge on any atom is -0.440 e. The maximum atomic E-state index is 12.2. The number of hydrogen-bond donors (Lipinski definition) is 1. The fourth-order valence-electron chi connectivity index (χ4n) is 2.47.